The molecule has 142 valence electrons. The molecule has 2 heterocycles. The summed E-state index contributed by atoms with van der Waals surface area (Å²) in [7, 11) is 1.61. The van der Waals surface area contributed by atoms with E-state index in [1.165, 1.54) is 0 Å². The van der Waals surface area contributed by atoms with Crippen molar-refractivity contribution < 1.29 is 14.1 Å². The Labute approximate surface area is 158 Å². The summed E-state index contributed by atoms with van der Waals surface area (Å²) in [5.41, 5.74) is 1.31. The average Bonchev–Trinajstić information content (AvgIpc) is 3.32. The van der Waals surface area contributed by atoms with E-state index in [-0.39, 0.29) is 23.1 Å². The van der Waals surface area contributed by atoms with Gasteiger partial charge in [0.05, 0.1) is 19.5 Å². The smallest absolute Gasteiger partial charge is 0.290 e. The van der Waals surface area contributed by atoms with E-state index < -0.39 is 0 Å². The molecule has 0 saturated carbocycles. The van der Waals surface area contributed by atoms with Gasteiger partial charge in [-0.1, -0.05) is 25.9 Å². The molecule has 1 N–H and O–H groups in total. The molecular formula is C20H24N4O3. The largest absolute Gasteiger partial charge is 0.497 e. The lowest BCUT2D eigenvalue weighted by Crippen LogP contribution is -2.46. The number of ether oxygens (including phenoxy) is 1. The molecule has 3 rings (SSSR count). The number of amides is 1. The Morgan fingerprint density at radius 2 is 2.04 bits per heavy atom. The molecule has 2 aromatic heterocycles. The number of carbonyl (C=O) groups is 1. The summed E-state index contributed by atoms with van der Waals surface area (Å²) >= 11 is 0. The summed E-state index contributed by atoms with van der Waals surface area (Å²) in [6, 6.07) is 8.96. The predicted octanol–water partition coefficient (Wildman–Crippen LogP) is 3.39. The van der Waals surface area contributed by atoms with Crippen LogP contribution in [-0.2, 0) is 6.54 Å². The van der Waals surface area contributed by atoms with Crippen molar-refractivity contribution in [2.45, 2.75) is 33.4 Å². The first kappa shape index (κ1) is 18.7. The first-order valence-corrected chi connectivity index (χ1v) is 8.74. The molecule has 1 atom stereocenters. The summed E-state index contributed by atoms with van der Waals surface area (Å²) in [5.74, 6) is 0.649. The van der Waals surface area contributed by atoms with Gasteiger partial charge in [0.15, 0.2) is 0 Å². The molecule has 0 radical (unpaired) electrons. The fraction of sp³-hybridized carbons (Fsp3) is 0.350. The minimum absolute atomic E-state index is 0.103. The third-order valence-electron chi connectivity index (χ3n) is 4.42. The van der Waals surface area contributed by atoms with Crippen LogP contribution in [0.5, 0.6) is 5.75 Å². The fourth-order valence-corrected chi connectivity index (χ4v) is 2.65. The Balaban J connectivity index is 1.73. The van der Waals surface area contributed by atoms with Gasteiger partial charge in [0.2, 0.25) is 5.76 Å². The lowest BCUT2D eigenvalue weighted by molar-refractivity contribution is 0.0855. The summed E-state index contributed by atoms with van der Waals surface area (Å²) in [6.07, 6.45) is 5.33. The van der Waals surface area contributed by atoms with Crippen molar-refractivity contribution in [1.29, 1.82) is 0 Å². The van der Waals surface area contributed by atoms with Crippen LogP contribution in [0.25, 0.3) is 11.3 Å². The highest BCUT2D eigenvalue weighted by molar-refractivity contribution is 5.92. The molecule has 0 aliphatic carbocycles. The van der Waals surface area contributed by atoms with E-state index in [0.717, 1.165) is 11.3 Å². The minimum Gasteiger partial charge on any atom is -0.497 e. The second-order valence-corrected chi connectivity index (χ2v) is 7.46. The maximum Gasteiger partial charge on any atom is 0.290 e. The van der Waals surface area contributed by atoms with Gasteiger partial charge >= 0.3 is 0 Å². The second-order valence-electron chi connectivity index (χ2n) is 7.46. The van der Waals surface area contributed by atoms with Crippen LogP contribution in [0.15, 0.2) is 53.6 Å². The van der Waals surface area contributed by atoms with Crippen LogP contribution in [0.1, 0.15) is 31.3 Å². The molecule has 7 heteroatoms. The number of imidazole rings is 1. The molecule has 7 nitrogen and oxygen atoms in total. The van der Waals surface area contributed by atoms with Crippen molar-refractivity contribution in [3.05, 3.63) is 54.8 Å². The van der Waals surface area contributed by atoms with Crippen molar-refractivity contribution in [3.8, 4) is 17.0 Å². The Kier molecular flexibility index (Phi) is 5.30. The third kappa shape index (κ3) is 4.55. The van der Waals surface area contributed by atoms with Crippen LogP contribution < -0.4 is 10.1 Å². The molecule has 0 fully saturated rings. The monoisotopic (exact) mass is 368 g/mol. The highest BCUT2D eigenvalue weighted by atomic mass is 16.5. The maximum absolute atomic E-state index is 12.7. The number of methoxy groups -OCH3 is 1. The van der Waals surface area contributed by atoms with Gasteiger partial charge in [-0.2, -0.15) is 0 Å². The first-order chi connectivity index (χ1) is 12.9. The molecule has 3 aromatic rings. The molecular weight excluding hydrogens is 344 g/mol. The molecule has 1 amide bonds. The van der Waals surface area contributed by atoms with Gasteiger partial charge in [0.1, 0.15) is 11.4 Å². The van der Waals surface area contributed by atoms with Crippen LogP contribution in [0.2, 0.25) is 0 Å². The van der Waals surface area contributed by atoms with E-state index >= 15 is 0 Å². The van der Waals surface area contributed by atoms with Crippen molar-refractivity contribution in [2.24, 2.45) is 5.41 Å². The normalized spacial score (nSPS) is 12.6. The number of nitrogens with one attached hydrogen (secondary N) is 1. The van der Waals surface area contributed by atoms with Gasteiger partial charge in [-0.05, 0) is 29.7 Å². The van der Waals surface area contributed by atoms with Gasteiger partial charge in [0.25, 0.3) is 5.91 Å². The zero-order valence-corrected chi connectivity index (χ0v) is 16.0. The van der Waals surface area contributed by atoms with Crippen molar-refractivity contribution in [2.75, 3.05) is 7.11 Å². The Hall–Kier alpha value is -3.09. The molecule has 1 aromatic carbocycles. The SMILES string of the molecule is COc1ccc(-c2cc(C(=O)N[C@@H](Cn3ccnc3)C(C)(C)C)on2)cc1. The number of rotatable bonds is 6. The van der Waals surface area contributed by atoms with Crippen LogP contribution in [0, 0.1) is 5.41 Å². The summed E-state index contributed by atoms with van der Waals surface area (Å²) in [5, 5.41) is 7.07. The molecule has 0 saturated heterocycles. The zero-order chi connectivity index (χ0) is 19.4. The summed E-state index contributed by atoms with van der Waals surface area (Å²) in [6.45, 7) is 6.86. The van der Waals surface area contributed by atoms with Crippen LogP contribution in [-0.4, -0.2) is 33.8 Å². The standard InChI is InChI=1S/C20H24N4O3/c1-20(2,3)18(12-24-10-9-21-13-24)22-19(25)17-11-16(23-27-17)14-5-7-15(26-4)8-6-14/h5-11,13,18H,12H2,1-4H3,(H,22,25)/t18-/m0/s1. The highest BCUT2D eigenvalue weighted by Gasteiger charge is 2.28. The van der Waals surface area contributed by atoms with Crippen molar-refractivity contribution in [3.63, 3.8) is 0 Å². The molecule has 0 unspecified atom stereocenters. The molecule has 0 aliphatic heterocycles. The van der Waals surface area contributed by atoms with E-state index in [0.29, 0.717) is 12.2 Å². The zero-order valence-electron chi connectivity index (χ0n) is 16.0. The topological polar surface area (TPSA) is 82.2 Å². The number of benzene rings is 1. The van der Waals surface area contributed by atoms with E-state index in [1.807, 2.05) is 35.0 Å². The molecule has 27 heavy (non-hydrogen) atoms. The number of aromatic nitrogens is 3. The van der Waals surface area contributed by atoms with Crippen LogP contribution in [0.4, 0.5) is 0 Å². The Bertz CT molecular complexity index is 877. The van der Waals surface area contributed by atoms with E-state index in [9.17, 15) is 4.79 Å². The number of hydrogen-bond donors (Lipinski definition) is 1. The van der Waals surface area contributed by atoms with Gasteiger partial charge in [-0.3, -0.25) is 4.79 Å². The Morgan fingerprint density at radius 1 is 1.30 bits per heavy atom. The quantitative estimate of drug-likeness (QED) is 0.721. The predicted molar refractivity (Wildman–Crippen MR) is 101 cm³/mol. The number of nitrogens with zero attached hydrogens (tertiary/aromatic N) is 3. The van der Waals surface area contributed by atoms with Crippen LogP contribution in [0.3, 0.4) is 0 Å². The first-order valence-electron chi connectivity index (χ1n) is 8.74. The third-order valence-corrected chi connectivity index (χ3v) is 4.42. The maximum atomic E-state index is 12.7. The molecule has 0 spiro atoms. The number of hydrogen-bond acceptors (Lipinski definition) is 5. The average molecular weight is 368 g/mol. The Morgan fingerprint density at radius 3 is 2.63 bits per heavy atom. The lowest BCUT2D eigenvalue weighted by atomic mass is 9.86. The van der Waals surface area contributed by atoms with Gasteiger partial charge in [0, 0.05) is 30.6 Å². The van der Waals surface area contributed by atoms with Crippen molar-refractivity contribution in [1.82, 2.24) is 20.0 Å². The molecule has 0 aliphatic rings. The number of carbonyl (C=O) groups excluding carboxylic acids is 1. The fourth-order valence-electron chi connectivity index (χ4n) is 2.65. The van der Waals surface area contributed by atoms with E-state index in [1.54, 1.807) is 25.7 Å². The van der Waals surface area contributed by atoms with E-state index in [4.69, 9.17) is 9.26 Å². The highest BCUT2D eigenvalue weighted by Crippen LogP contribution is 2.24. The summed E-state index contributed by atoms with van der Waals surface area (Å²) < 4.78 is 12.4. The lowest BCUT2D eigenvalue weighted by Gasteiger charge is -2.31. The van der Waals surface area contributed by atoms with Crippen LogP contribution >= 0.6 is 0 Å². The second kappa shape index (κ2) is 7.65. The molecule has 0 bridgehead atoms. The minimum atomic E-state index is -0.290. The van der Waals surface area contributed by atoms with Gasteiger partial charge < -0.3 is 19.1 Å². The van der Waals surface area contributed by atoms with Gasteiger partial charge in [-0.15, -0.1) is 0 Å². The van der Waals surface area contributed by atoms with E-state index in [2.05, 4.69) is 36.2 Å². The van der Waals surface area contributed by atoms with Gasteiger partial charge in [-0.25, -0.2) is 4.98 Å². The van der Waals surface area contributed by atoms with Crippen molar-refractivity contribution >= 4 is 5.91 Å². The summed E-state index contributed by atoms with van der Waals surface area (Å²) in [4.78, 5) is 16.7.